The first-order valence-corrected chi connectivity index (χ1v) is 5.38. The lowest BCUT2D eigenvalue weighted by molar-refractivity contribution is -0.384. The maximum absolute atomic E-state index is 10.7. The van der Waals surface area contributed by atoms with Gasteiger partial charge in [0, 0.05) is 37.8 Å². The van der Waals surface area contributed by atoms with Gasteiger partial charge in [0.05, 0.1) is 10.4 Å². The Morgan fingerprint density at radius 3 is 2.71 bits per heavy atom. The zero-order valence-electron chi connectivity index (χ0n) is 9.45. The topological polar surface area (TPSA) is 51.3 Å². The Morgan fingerprint density at radius 1 is 1.41 bits per heavy atom. The van der Waals surface area contributed by atoms with Gasteiger partial charge >= 0.3 is 0 Å². The molecule has 0 radical (unpaired) electrons. The fourth-order valence-corrected chi connectivity index (χ4v) is 1.78. The summed E-state index contributed by atoms with van der Waals surface area (Å²) in [5.74, 6) is 0. The SMILES string of the molecule is CN(C)C(=S)n1ccc2cc([N+](=O)[O-])ccc21. The molecule has 17 heavy (non-hydrogen) atoms. The van der Waals surface area contributed by atoms with Crippen molar-refractivity contribution >= 4 is 33.9 Å². The van der Waals surface area contributed by atoms with Gasteiger partial charge in [-0.25, -0.2) is 0 Å². The minimum Gasteiger partial charge on any atom is -0.355 e. The van der Waals surface area contributed by atoms with Crippen LogP contribution in [0.25, 0.3) is 10.9 Å². The highest BCUT2D eigenvalue weighted by molar-refractivity contribution is 7.80. The molecule has 1 aromatic heterocycles. The highest BCUT2D eigenvalue weighted by Gasteiger charge is 2.11. The van der Waals surface area contributed by atoms with E-state index in [1.165, 1.54) is 6.07 Å². The van der Waals surface area contributed by atoms with E-state index in [9.17, 15) is 10.1 Å². The van der Waals surface area contributed by atoms with Crippen LogP contribution < -0.4 is 0 Å². The number of rotatable bonds is 1. The average Bonchev–Trinajstić information content (AvgIpc) is 2.70. The number of hydrogen-bond acceptors (Lipinski definition) is 3. The fourth-order valence-electron chi connectivity index (χ4n) is 1.63. The molecule has 0 unspecified atom stereocenters. The molecule has 0 aliphatic rings. The lowest BCUT2D eigenvalue weighted by Crippen LogP contribution is -2.26. The number of hydrogen-bond donors (Lipinski definition) is 0. The molecule has 0 aliphatic heterocycles. The molecule has 0 fully saturated rings. The molecule has 2 aromatic rings. The van der Waals surface area contributed by atoms with Crippen LogP contribution in [-0.2, 0) is 0 Å². The molecule has 88 valence electrons. The van der Waals surface area contributed by atoms with E-state index in [-0.39, 0.29) is 5.69 Å². The maximum atomic E-state index is 10.7. The van der Waals surface area contributed by atoms with Crippen LogP contribution in [-0.4, -0.2) is 33.6 Å². The van der Waals surface area contributed by atoms with E-state index in [0.717, 1.165) is 10.9 Å². The lowest BCUT2D eigenvalue weighted by Gasteiger charge is -2.15. The third-order valence-electron chi connectivity index (χ3n) is 2.47. The first-order chi connectivity index (χ1) is 8.00. The Bertz CT molecular complexity index is 604. The summed E-state index contributed by atoms with van der Waals surface area (Å²) < 4.78 is 1.83. The van der Waals surface area contributed by atoms with Crippen molar-refractivity contribution in [1.82, 2.24) is 9.47 Å². The second-order valence-corrected chi connectivity index (χ2v) is 4.23. The van der Waals surface area contributed by atoms with Crippen molar-refractivity contribution in [2.75, 3.05) is 14.1 Å². The van der Waals surface area contributed by atoms with Gasteiger partial charge in [-0.1, -0.05) is 0 Å². The van der Waals surface area contributed by atoms with Crippen LogP contribution in [0.4, 0.5) is 5.69 Å². The normalized spacial score (nSPS) is 10.5. The van der Waals surface area contributed by atoms with Gasteiger partial charge < -0.3 is 4.90 Å². The molecule has 1 aromatic carbocycles. The minimum absolute atomic E-state index is 0.0889. The molecular weight excluding hydrogens is 238 g/mol. The first-order valence-electron chi connectivity index (χ1n) is 4.98. The molecule has 0 saturated carbocycles. The highest BCUT2D eigenvalue weighted by atomic mass is 32.1. The number of nitro benzene ring substituents is 1. The third-order valence-corrected chi connectivity index (χ3v) is 3.04. The van der Waals surface area contributed by atoms with Crippen LogP contribution in [0.15, 0.2) is 30.5 Å². The second-order valence-electron chi connectivity index (χ2n) is 3.86. The average molecular weight is 249 g/mol. The van der Waals surface area contributed by atoms with E-state index in [4.69, 9.17) is 12.2 Å². The van der Waals surface area contributed by atoms with Crippen molar-refractivity contribution < 1.29 is 4.92 Å². The summed E-state index contributed by atoms with van der Waals surface area (Å²) in [5.41, 5.74) is 0.959. The third kappa shape index (κ3) is 1.99. The van der Waals surface area contributed by atoms with Gasteiger partial charge in [0.15, 0.2) is 5.11 Å². The van der Waals surface area contributed by atoms with Gasteiger partial charge in [-0.05, 0) is 24.4 Å². The second kappa shape index (κ2) is 4.14. The maximum Gasteiger partial charge on any atom is 0.270 e. The van der Waals surface area contributed by atoms with Gasteiger partial charge in [-0.2, -0.15) is 0 Å². The van der Waals surface area contributed by atoms with Crippen molar-refractivity contribution in [2.45, 2.75) is 0 Å². The largest absolute Gasteiger partial charge is 0.355 e. The monoisotopic (exact) mass is 249 g/mol. The molecule has 2 rings (SSSR count). The van der Waals surface area contributed by atoms with Crippen LogP contribution in [0.2, 0.25) is 0 Å². The van der Waals surface area contributed by atoms with E-state index in [0.29, 0.717) is 5.11 Å². The van der Waals surface area contributed by atoms with Gasteiger partial charge in [0.1, 0.15) is 0 Å². The number of benzene rings is 1. The molecule has 1 heterocycles. The predicted octanol–water partition coefficient (Wildman–Crippen LogP) is 2.24. The number of non-ortho nitro benzene ring substituents is 1. The van der Waals surface area contributed by atoms with Gasteiger partial charge in [-0.15, -0.1) is 0 Å². The van der Waals surface area contributed by atoms with Crippen LogP contribution in [0.3, 0.4) is 0 Å². The zero-order chi connectivity index (χ0) is 12.6. The molecule has 0 N–H and O–H groups in total. The number of nitrogens with zero attached hydrogens (tertiary/aromatic N) is 3. The number of aromatic nitrogens is 1. The smallest absolute Gasteiger partial charge is 0.270 e. The molecule has 6 heteroatoms. The standard InChI is InChI=1S/C11H11N3O2S/c1-12(2)11(17)13-6-5-8-7-9(14(15)16)3-4-10(8)13/h3-7H,1-2H3. The molecule has 0 saturated heterocycles. The van der Waals surface area contributed by atoms with Crippen LogP contribution in [0, 0.1) is 10.1 Å². The Morgan fingerprint density at radius 2 is 2.12 bits per heavy atom. The van der Waals surface area contributed by atoms with Crippen LogP contribution >= 0.6 is 12.2 Å². The van der Waals surface area contributed by atoms with Crippen molar-refractivity contribution in [3.8, 4) is 0 Å². The van der Waals surface area contributed by atoms with E-state index >= 15 is 0 Å². The van der Waals surface area contributed by atoms with Gasteiger partial charge in [-0.3, -0.25) is 14.7 Å². The minimum atomic E-state index is -0.402. The van der Waals surface area contributed by atoms with E-state index in [2.05, 4.69) is 0 Å². The number of fused-ring (bicyclic) bond motifs is 1. The summed E-state index contributed by atoms with van der Waals surface area (Å²) in [4.78, 5) is 12.1. The molecule has 0 amide bonds. The van der Waals surface area contributed by atoms with Crippen LogP contribution in [0.5, 0.6) is 0 Å². The molecular formula is C11H11N3O2S. The van der Waals surface area contributed by atoms with Crippen molar-refractivity contribution in [1.29, 1.82) is 0 Å². The predicted molar refractivity (Wildman–Crippen MR) is 70.3 cm³/mol. The first kappa shape index (κ1) is 11.5. The summed E-state index contributed by atoms with van der Waals surface area (Å²) in [5, 5.41) is 12.1. The summed E-state index contributed by atoms with van der Waals surface area (Å²) in [6.07, 6.45) is 1.82. The van der Waals surface area contributed by atoms with Gasteiger partial charge in [0.2, 0.25) is 0 Å². The summed E-state index contributed by atoms with van der Waals surface area (Å²) in [6, 6.07) is 6.56. The summed E-state index contributed by atoms with van der Waals surface area (Å²) in [6.45, 7) is 0. The van der Waals surface area contributed by atoms with Gasteiger partial charge in [0.25, 0.3) is 5.69 Å². The summed E-state index contributed by atoms with van der Waals surface area (Å²) in [7, 11) is 3.72. The molecule has 0 bridgehead atoms. The Labute approximate surface area is 103 Å². The van der Waals surface area contributed by atoms with E-state index in [1.54, 1.807) is 12.1 Å². The summed E-state index contributed by atoms with van der Waals surface area (Å²) >= 11 is 5.27. The quantitative estimate of drug-likeness (QED) is 0.442. The van der Waals surface area contributed by atoms with Crippen molar-refractivity contribution in [2.24, 2.45) is 0 Å². The van der Waals surface area contributed by atoms with Crippen molar-refractivity contribution in [3.05, 3.63) is 40.6 Å². The lowest BCUT2D eigenvalue weighted by atomic mass is 10.2. The molecule has 0 atom stereocenters. The Hall–Kier alpha value is -1.95. The fraction of sp³-hybridized carbons (Fsp3) is 0.182. The molecule has 0 spiro atoms. The molecule has 5 nitrogen and oxygen atoms in total. The number of thiocarbonyl (C=S) groups is 1. The van der Waals surface area contributed by atoms with Crippen LogP contribution in [0.1, 0.15) is 0 Å². The van der Waals surface area contributed by atoms with E-state index in [1.807, 2.05) is 35.8 Å². The Balaban J connectivity index is 2.56. The zero-order valence-corrected chi connectivity index (χ0v) is 10.3. The van der Waals surface area contributed by atoms with Crippen molar-refractivity contribution in [3.63, 3.8) is 0 Å². The molecule has 0 aliphatic carbocycles. The van der Waals surface area contributed by atoms with E-state index < -0.39 is 4.92 Å². The highest BCUT2D eigenvalue weighted by Crippen LogP contribution is 2.22. The Kier molecular flexibility index (Phi) is 2.81. The number of nitro groups is 1.